The van der Waals surface area contributed by atoms with Gasteiger partial charge in [-0.1, -0.05) is 28.9 Å². The van der Waals surface area contributed by atoms with E-state index >= 15 is 0 Å². The number of aliphatic hydroxyl groups is 1. The first-order chi connectivity index (χ1) is 8.13. The van der Waals surface area contributed by atoms with E-state index in [9.17, 15) is 5.11 Å². The zero-order valence-electron chi connectivity index (χ0n) is 9.55. The number of halogens is 1. The Morgan fingerprint density at radius 1 is 1.29 bits per heavy atom. The lowest BCUT2D eigenvalue weighted by molar-refractivity contribution is 0.174. The molecule has 0 bridgehead atoms. The van der Waals surface area contributed by atoms with Crippen LogP contribution in [0.15, 0.2) is 30.5 Å². The largest absolute Gasteiger partial charge is 0.392 e. The van der Waals surface area contributed by atoms with Crippen LogP contribution in [0.1, 0.15) is 11.3 Å². The number of hydrogen-bond donors (Lipinski definition) is 1. The third-order valence-corrected chi connectivity index (χ3v) is 2.73. The van der Waals surface area contributed by atoms with Crippen molar-refractivity contribution < 1.29 is 5.11 Å². The summed E-state index contributed by atoms with van der Waals surface area (Å²) in [7, 11) is 1.81. The zero-order valence-corrected chi connectivity index (χ0v) is 10.3. The molecular weight excluding hydrogens is 238 g/mol. The first-order valence-electron chi connectivity index (χ1n) is 5.41. The van der Waals surface area contributed by atoms with E-state index in [1.165, 1.54) is 0 Å². The molecule has 0 saturated carbocycles. The minimum absolute atomic E-state index is 0.451. The monoisotopic (exact) mass is 251 g/mol. The summed E-state index contributed by atoms with van der Waals surface area (Å²) in [5.41, 5.74) is 1.86. The molecule has 1 aromatic heterocycles. The fraction of sp³-hybridized carbons (Fsp3) is 0.333. The fourth-order valence-corrected chi connectivity index (χ4v) is 1.82. The summed E-state index contributed by atoms with van der Waals surface area (Å²) in [6.45, 7) is 0. The van der Waals surface area contributed by atoms with E-state index in [2.05, 4.69) is 10.3 Å². The molecule has 0 aliphatic rings. The third-order valence-electron chi connectivity index (χ3n) is 2.48. The summed E-state index contributed by atoms with van der Waals surface area (Å²) in [4.78, 5) is 0. The highest BCUT2D eigenvalue weighted by Crippen LogP contribution is 2.12. The average molecular weight is 252 g/mol. The van der Waals surface area contributed by atoms with Gasteiger partial charge in [-0.05, 0) is 24.1 Å². The van der Waals surface area contributed by atoms with Crippen LogP contribution in [0.5, 0.6) is 0 Å². The molecule has 17 heavy (non-hydrogen) atoms. The molecule has 0 aliphatic carbocycles. The summed E-state index contributed by atoms with van der Waals surface area (Å²) < 4.78 is 1.63. The maximum Gasteiger partial charge on any atom is 0.0852 e. The van der Waals surface area contributed by atoms with Gasteiger partial charge in [-0.25, -0.2) is 0 Å². The molecule has 90 valence electrons. The van der Waals surface area contributed by atoms with Gasteiger partial charge in [0, 0.05) is 24.7 Å². The second kappa shape index (κ2) is 5.29. The molecule has 0 saturated heterocycles. The van der Waals surface area contributed by atoms with Crippen molar-refractivity contribution in [2.75, 3.05) is 0 Å². The molecule has 2 aromatic rings. The van der Waals surface area contributed by atoms with Crippen molar-refractivity contribution in [3.8, 4) is 0 Å². The predicted octanol–water partition coefficient (Wildman–Crippen LogP) is 1.61. The SMILES string of the molecule is Cn1cc(CC(O)Cc2ccc(Cl)cc2)nn1. The molecule has 1 unspecified atom stereocenters. The minimum atomic E-state index is -0.451. The van der Waals surface area contributed by atoms with Gasteiger partial charge in [0.05, 0.1) is 11.8 Å². The summed E-state index contributed by atoms with van der Waals surface area (Å²) in [6.07, 6.45) is 2.46. The molecule has 4 nitrogen and oxygen atoms in total. The maximum atomic E-state index is 9.92. The molecule has 2 rings (SSSR count). The van der Waals surface area contributed by atoms with E-state index in [0.29, 0.717) is 17.9 Å². The molecule has 1 N–H and O–H groups in total. The van der Waals surface area contributed by atoms with E-state index in [1.54, 1.807) is 4.68 Å². The summed E-state index contributed by atoms with van der Waals surface area (Å²) in [5.74, 6) is 0. The molecule has 0 spiro atoms. The van der Waals surface area contributed by atoms with Crippen LogP contribution in [0.2, 0.25) is 5.02 Å². The van der Waals surface area contributed by atoms with Crippen molar-refractivity contribution in [1.29, 1.82) is 0 Å². The first kappa shape index (κ1) is 12.1. The quantitative estimate of drug-likeness (QED) is 0.898. The lowest BCUT2D eigenvalue weighted by atomic mass is 10.0. The summed E-state index contributed by atoms with van der Waals surface area (Å²) >= 11 is 5.80. The van der Waals surface area contributed by atoms with Crippen molar-refractivity contribution in [2.24, 2.45) is 7.05 Å². The lowest BCUT2D eigenvalue weighted by Crippen LogP contribution is -2.14. The second-order valence-corrected chi connectivity index (χ2v) is 4.51. The molecule has 1 heterocycles. The van der Waals surface area contributed by atoms with Gasteiger partial charge in [0.15, 0.2) is 0 Å². The Kier molecular flexibility index (Phi) is 3.76. The van der Waals surface area contributed by atoms with Gasteiger partial charge in [0.2, 0.25) is 0 Å². The van der Waals surface area contributed by atoms with Gasteiger partial charge in [-0.3, -0.25) is 4.68 Å². The highest BCUT2D eigenvalue weighted by molar-refractivity contribution is 6.30. The highest BCUT2D eigenvalue weighted by Gasteiger charge is 2.09. The van der Waals surface area contributed by atoms with Crippen LogP contribution < -0.4 is 0 Å². The van der Waals surface area contributed by atoms with Crippen molar-refractivity contribution in [2.45, 2.75) is 18.9 Å². The van der Waals surface area contributed by atoms with Crippen molar-refractivity contribution >= 4 is 11.6 Å². The molecule has 5 heteroatoms. The van der Waals surface area contributed by atoms with Crippen LogP contribution >= 0.6 is 11.6 Å². The van der Waals surface area contributed by atoms with E-state index in [1.807, 2.05) is 37.5 Å². The van der Waals surface area contributed by atoms with Crippen LogP contribution in [0, 0.1) is 0 Å². The standard InChI is InChI=1S/C12H14ClN3O/c1-16-8-11(14-15-16)7-12(17)6-9-2-4-10(13)5-3-9/h2-5,8,12,17H,6-7H2,1H3. The minimum Gasteiger partial charge on any atom is -0.392 e. The number of nitrogens with zero attached hydrogens (tertiary/aromatic N) is 3. The van der Waals surface area contributed by atoms with Crippen LogP contribution in [0.3, 0.4) is 0 Å². The Bertz CT molecular complexity index is 481. The van der Waals surface area contributed by atoms with E-state index in [0.717, 1.165) is 11.3 Å². The van der Waals surface area contributed by atoms with Gasteiger partial charge >= 0.3 is 0 Å². The van der Waals surface area contributed by atoms with Crippen LogP contribution in [0.4, 0.5) is 0 Å². The predicted molar refractivity (Wildman–Crippen MR) is 65.9 cm³/mol. The number of benzene rings is 1. The second-order valence-electron chi connectivity index (χ2n) is 4.07. The number of aryl methyl sites for hydroxylation is 1. The third kappa shape index (κ3) is 3.54. The lowest BCUT2D eigenvalue weighted by Gasteiger charge is -2.08. The van der Waals surface area contributed by atoms with Crippen molar-refractivity contribution in [3.63, 3.8) is 0 Å². The molecule has 1 atom stereocenters. The Morgan fingerprint density at radius 3 is 2.59 bits per heavy atom. The van der Waals surface area contributed by atoms with E-state index in [-0.39, 0.29) is 0 Å². The van der Waals surface area contributed by atoms with Crippen LogP contribution in [-0.4, -0.2) is 26.2 Å². The van der Waals surface area contributed by atoms with Gasteiger partial charge < -0.3 is 5.11 Å². The van der Waals surface area contributed by atoms with Crippen molar-refractivity contribution in [3.05, 3.63) is 46.7 Å². The highest BCUT2D eigenvalue weighted by atomic mass is 35.5. The topological polar surface area (TPSA) is 50.9 Å². The fourth-order valence-electron chi connectivity index (χ4n) is 1.69. The molecular formula is C12H14ClN3O. The van der Waals surface area contributed by atoms with Gasteiger partial charge in [-0.2, -0.15) is 0 Å². The number of rotatable bonds is 4. The Labute approximate surface area is 105 Å². The smallest absolute Gasteiger partial charge is 0.0852 e. The molecule has 0 radical (unpaired) electrons. The average Bonchev–Trinajstić information content (AvgIpc) is 2.67. The first-order valence-corrected chi connectivity index (χ1v) is 5.79. The number of aliphatic hydroxyl groups excluding tert-OH is 1. The van der Waals surface area contributed by atoms with E-state index < -0.39 is 6.10 Å². The number of aromatic nitrogens is 3. The van der Waals surface area contributed by atoms with E-state index in [4.69, 9.17) is 11.6 Å². The summed E-state index contributed by atoms with van der Waals surface area (Å²) in [6, 6.07) is 7.49. The zero-order chi connectivity index (χ0) is 12.3. The maximum absolute atomic E-state index is 9.92. The van der Waals surface area contributed by atoms with Crippen LogP contribution in [0.25, 0.3) is 0 Å². The van der Waals surface area contributed by atoms with Gasteiger partial charge in [0.25, 0.3) is 0 Å². The van der Waals surface area contributed by atoms with Crippen molar-refractivity contribution in [1.82, 2.24) is 15.0 Å². The molecule has 1 aromatic carbocycles. The Hall–Kier alpha value is -1.39. The summed E-state index contributed by atoms with van der Waals surface area (Å²) in [5, 5.41) is 18.4. The Balaban J connectivity index is 1.93. The normalized spacial score (nSPS) is 12.6. The molecule has 0 aliphatic heterocycles. The van der Waals surface area contributed by atoms with Crippen LogP contribution in [-0.2, 0) is 19.9 Å². The van der Waals surface area contributed by atoms with Gasteiger partial charge in [0.1, 0.15) is 0 Å². The Morgan fingerprint density at radius 2 is 2.00 bits per heavy atom. The van der Waals surface area contributed by atoms with Gasteiger partial charge in [-0.15, -0.1) is 5.10 Å². The number of hydrogen-bond acceptors (Lipinski definition) is 3. The molecule has 0 fully saturated rings. The molecule has 0 amide bonds.